The molecular formula is C24H19N5O2S. The number of amides is 1. The van der Waals surface area contributed by atoms with Gasteiger partial charge in [0.2, 0.25) is 5.91 Å². The molecule has 1 N–H and O–H groups in total. The quantitative estimate of drug-likeness (QED) is 0.385. The van der Waals surface area contributed by atoms with Gasteiger partial charge in [-0.15, -0.1) is 10.2 Å². The second-order valence-corrected chi connectivity index (χ2v) is 7.97. The van der Waals surface area contributed by atoms with Crippen LogP contribution in [0.2, 0.25) is 0 Å². The highest BCUT2D eigenvalue weighted by atomic mass is 32.2. The standard InChI is InChI=1S/C24H19N5O2S/c1-31-18-13-11-16(12-14-18)22-26-20-10-6-5-9-19(20)23-27-28-24(29(22)23)32-15-21(30)25-17-7-3-2-4-8-17/h2-14H,15H2,1H3,(H,25,30). The Morgan fingerprint density at radius 3 is 2.50 bits per heavy atom. The van der Waals surface area contributed by atoms with Gasteiger partial charge in [0.1, 0.15) is 11.6 Å². The number of aromatic nitrogens is 4. The number of nitrogens with zero attached hydrogens (tertiary/aromatic N) is 4. The first-order valence-electron chi connectivity index (χ1n) is 9.99. The lowest BCUT2D eigenvalue weighted by Crippen LogP contribution is -2.14. The maximum atomic E-state index is 12.5. The van der Waals surface area contributed by atoms with Gasteiger partial charge in [0.05, 0.1) is 18.4 Å². The maximum absolute atomic E-state index is 12.5. The van der Waals surface area contributed by atoms with Crippen LogP contribution in [0.25, 0.3) is 27.9 Å². The van der Waals surface area contributed by atoms with Crippen molar-refractivity contribution < 1.29 is 9.53 Å². The Kier molecular flexibility index (Phi) is 5.43. The molecule has 0 aliphatic rings. The molecular weight excluding hydrogens is 422 g/mol. The Morgan fingerprint density at radius 1 is 0.969 bits per heavy atom. The first-order valence-corrected chi connectivity index (χ1v) is 11.0. The average Bonchev–Trinajstić information content (AvgIpc) is 3.27. The lowest BCUT2D eigenvalue weighted by molar-refractivity contribution is -0.113. The minimum absolute atomic E-state index is 0.113. The van der Waals surface area contributed by atoms with Gasteiger partial charge in [-0.1, -0.05) is 42.1 Å². The summed E-state index contributed by atoms with van der Waals surface area (Å²) in [5.74, 6) is 1.56. The Morgan fingerprint density at radius 2 is 1.72 bits per heavy atom. The summed E-state index contributed by atoms with van der Waals surface area (Å²) in [5.41, 5.74) is 3.19. The molecule has 0 fully saturated rings. The zero-order valence-electron chi connectivity index (χ0n) is 17.2. The Bertz CT molecular complexity index is 1400. The van der Waals surface area contributed by atoms with Gasteiger partial charge >= 0.3 is 0 Å². The van der Waals surface area contributed by atoms with Gasteiger partial charge in [-0.25, -0.2) is 4.98 Å². The number of hydrogen-bond acceptors (Lipinski definition) is 6. The van der Waals surface area contributed by atoms with Crippen molar-refractivity contribution in [2.45, 2.75) is 5.16 Å². The largest absolute Gasteiger partial charge is 0.497 e. The van der Waals surface area contributed by atoms with Crippen molar-refractivity contribution in [3.05, 3.63) is 78.9 Å². The smallest absolute Gasteiger partial charge is 0.234 e. The average molecular weight is 442 g/mol. The van der Waals surface area contributed by atoms with E-state index >= 15 is 0 Å². The third kappa shape index (κ3) is 3.88. The van der Waals surface area contributed by atoms with E-state index in [1.807, 2.05) is 83.3 Å². The number of fused-ring (bicyclic) bond motifs is 3. The molecule has 0 aliphatic carbocycles. The number of para-hydroxylation sites is 2. The molecule has 0 aliphatic heterocycles. The molecule has 0 spiro atoms. The number of carbonyl (C=O) groups excluding carboxylic acids is 1. The first-order chi connectivity index (χ1) is 15.7. The van der Waals surface area contributed by atoms with Crippen LogP contribution in [0.15, 0.2) is 84.0 Å². The zero-order chi connectivity index (χ0) is 21.9. The van der Waals surface area contributed by atoms with Crippen LogP contribution in [0.3, 0.4) is 0 Å². The summed E-state index contributed by atoms with van der Waals surface area (Å²) in [6, 6.07) is 24.9. The van der Waals surface area contributed by atoms with Crippen LogP contribution in [-0.4, -0.2) is 38.4 Å². The van der Waals surface area contributed by atoms with Crippen LogP contribution in [0.1, 0.15) is 0 Å². The van der Waals surface area contributed by atoms with Crippen LogP contribution >= 0.6 is 11.8 Å². The van der Waals surface area contributed by atoms with Crippen LogP contribution in [0.4, 0.5) is 5.69 Å². The fourth-order valence-electron chi connectivity index (χ4n) is 3.44. The number of methoxy groups -OCH3 is 1. The summed E-state index contributed by atoms with van der Waals surface area (Å²) < 4.78 is 7.19. The van der Waals surface area contributed by atoms with Gasteiger partial charge in [-0.2, -0.15) is 0 Å². The molecule has 2 aromatic heterocycles. The number of rotatable bonds is 6. The minimum Gasteiger partial charge on any atom is -0.497 e. The molecule has 5 aromatic rings. The van der Waals surface area contributed by atoms with E-state index in [2.05, 4.69) is 15.5 Å². The van der Waals surface area contributed by atoms with Crippen molar-refractivity contribution in [3.63, 3.8) is 0 Å². The van der Waals surface area contributed by atoms with Gasteiger partial charge in [0, 0.05) is 16.6 Å². The zero-order valence-corrected chi connectivity index (χ0v) is 18.0. The monoisotopic (exact) mass is 441 g/mol. The number of benzene rings is 3. The molecule has 5 rings (SSSR count). The number of carbonyl (C=O) groups is 1. The normalized spacial score (nSPS) is 11.0. The summed E-state index contributed by atoms with van der Waals surface area (Å²) in [7, 11) is 1.64. The summed E-state index contributed by atoms with van der Waals surface area (Å²) in [6.45, 7) is 0. The fraction of sp³-hybridized carbons (Fsp3) is 0.0833. The molecule has 2 heterocycles. The Labute approximate surface area is 188 Å². The number of hydrogen-bond donors (Lipinski definition) is 1. The molecule has 0 saturated heterocycles. The number of thioether (sulfide) groups is 1. The second-order valence-electron chi connectivity index (χ2n) is 7.03. The molecule has 158 valence electrons. The highest BCUT2D eigenvalue weighted by Crippen LogP contribution is 2.30. The summed E-state index contributed by atoms with van der Waals surface area (Å²) in [5, 5.41) is 13.2. The van der Waals surface area contributed by atoms with E-state index in [0.717, 1.165) is 27.9 Å². The van der Waals surface area contributed by atoms with Crippen molar-refractivity contribution in [1.82, 2.24) is 19.6 Å². The van der Waals surface area contributed by atoms with Crippen molar-refractivity contribution in [2.75, 3.05) is 18.2 Å². The third-order valence-electron chi connectivity index (χ3n) is 4.95. The Balaban J connectivity index is 1.53. The topological polar surface area (TPSA) is 81.4 Å². The summed E-state index contributed by atoms with van der Waals surface area (Å²) in [6.07, 6.45) is 0. The Hall–Kier alpha value is -3.91. The molecule has 8 heteroatoms. The molecule has 0 unspecified atom stereocenters. The highest BCUT2D eigenvalue weighted by molar-refractivity contribution is 7.99. The van der Waals surface area contributed by atoms with E-state index in [1.165, 1.54) is 11.8 Å². The van der Waals surface area contributed by atoms with Crippen LogP contribution in [0, 0.1) is 0 Å². The molecule has 1 amide bonds. The predicted molar refractivity (Wildman–Crippen MR) is 126 cm³/mol. The highest BCUT2D eigenvalue weighted by Gasteiger charge is 2.17. The summed E-state index contributed by atoms with van der Waals surface area (Å²) in [4.78, 5) is 17.3. The van der Waals surface area contributed by atoms with Gasteiger partial charge < -0.3 is 10.1 Å². The minimum atomic E-state index is -0.113. The van der Waals surface area contributed by atoms with Crippen LogP contribution < -0.4 is 10.1 Å². The van der Waals surface area contributed by atoms with Crippen molar-refractivity contribution >= 4 is 39.9 Å². The van der Waals surface area contributed by atoms with Gasteiger partial charge in [0.15, 0.2) is 10.8 Å². The van der Waals surface area contributed by atoms with Gasteiger partial charge in [0.25, 0.3) is 0 Å². The van der Waals surface area contributed by atoms with Crippen molar-refractivity contribution in [3.8, 4) is 17.1 Å². The van der Waals surface area contributed by atoms with Gasteiger partial charge in [-0.3, -0.25) is 9.20 Å². The first kappa shape index (κ1) is 20.0. The molecule has 7 nitrogen and oxygen atoms in total. The fourth-order valence-corrected chi connectivity index (χ4v) is 4.17. The lowest BCUT2D eigenvalue weighted by Gasteiger charge is -2.10. The number of ether oxygens (including phenoxy) is 1. The van der Waals surface area contributed by atoms with Gasteiger partial charge in [-0.05, 0) is 48.5 Å². The van der Waals surface area contributed by atoms with Crippen molar-refractivity contribution in [2.24, 2.45) is 0 Å². The SMILES string of the molecule is COc1ccc(-c2nc3ccccc3c3nnc(SCC(=O)Nc4ccccc4)n23)cc1. The second kappa shape index (κ2) is 8.68. The predicted octanol–water partition coefficient (Wildman–Crippen LogP) is 4.68. The van der Waals surface area contributed by atoms with E-state index in [9.17, 15) is 4.79 Å². The van der Waals surface area contributed by atoms with Crippen LogP contribution in [0.5, 0.6) is 5.75 Å². The maximum Gasteiger partial charge on any atom is 0.234 e. The number of anilines is 1. The molecule has 0 saturated carbocycles. The lowest BCUT2D eigenvalue weighted by atomic mass is 10.1. The van der Waals surface area contributed by atoms with Crippen LogP contribution in [-0.2, 0) is 4.79 Å². The molecule has 0 bridgehead atoms. The summed E-state index contributed by atoms with van der Waals surface area (Å²) >= 11 is 1.32. The molecule has 0 atom stereocenters. The number of nitrogens with one attached hydrogen (secondary N) is 1. The van der Waals surface area contributed by atoms with E-state index in [4.69, 9.17) is 9.72 Å². The van der Waals surface area contributed by atoms with E-state index in [1.54, 1.807) is 7.11 Å². The van der Waals surface area contributed by atoms with E-state index in [0.29, 0.717) is 16.6 Å². The van der Waals surface area contributed by atoms with E-state index in [-0.39, 0.29) is 11.7 Å². The third-order valence-corrected chi connectivity index (χ3v) is 5.88. The van der Waals surface area contributed by atoms with E-state index < -0.39 is 0 Å². The molecule has 3 aromatic carbocycles. The molecule has 0 radical (unpaired) electrons. The molecule has 32 heavy (non-hydrogen) atoms. The van der Waals surface area contributed by atoms with Crippen molar-refractivity contribution in [1.29, 1.82) is 0 Å².